The van der Waals surface area contributed by atoms with Gasteiger partial charge >= 0.3 is 6.18 Å². The fourth-order valence-corrected chi connectivity index (χ4v) is 3.48. The van der Waals surface area contributed by atoms with Crippen molar-refractivity contribution < 1.29 is 22.7 Å². The second-order valence-corrected chi connectivity index (χ2v) is 7.34. The molecular formula is C17H28F3IN6O2S. The Bertz CT molecular complexity index is 681. The quantitative estimate of drug-likeness (QED) is 0.216. The molecule has 2 rings (SSSR count). The van der Waals surface area contributed by atoms with Gasteiger partial charge in [0.05, 0.1) is 19.7 Å². The van der Waals surface area contributed by atoms with Crippen molar-refractivity contribution in [1.82, 2.24) is 25.4 Å². The van der Waals surface area contributed by atoms with Crippen LogP contribution in [0.5, 0.6) is 0 Å². The average molecular weight is 564 g/mol. The van der Waals surface area contributed by atoms with E-state index in [9.17, 15) is 18.0 Å². The zero-order valence-corrected chi connectivity index (χ0v) is 20.1. The Kier molecular flexibility index (Phi) is 11.9. The van der Waals surface area contributed by atoms with Gasteiger partial charge in [-0.05, 0) is 6.92 Å². The van der Waals surface area contributed by atoms with E-state index >= 15 is 0 Å². The molecule has 2 N–H and O–H groups in total. The van der Waals surface area contributed by atoms with Gasteiger partial charge in [0.25, 0.3) is 0 Å². The molecule has 0 saturated carbocycles. The Morgan fingerprint density at radius 3 is 2.57 bits per heavy atom. The van der Waals surface area contributed by atoms with Crippen LogP contribution >= 0.6 is 35.3 Å². The van der Waals surface area contributed by atoms with E-state index in [4.69, 9.17) is 4.74 Å². The van der Waals surface area contributed by atoms with Gasteiger partial charge in [0.1, 0.15) is 5.01 Å². The van der Waals surface area contributed by atoms with Crippen LogP contribution in [0.4, 0.5) is 13.2 Å². The predicted octanol–water partition coefficient (Wildman–Crippen LogP) is 1.63. The summed E-state index contributed by atoms with van der Waals surface area (Å²) in [6.07, 6.45) is -4.44. The van der Waals surface area contributed by atoms with Gasteiger partial charge in [-0.3, -0.25) is 9.69 Å². The molecule has 8 nitrogen and oxygen atoms in total. The Morgan fingerprint density at radius 1 is 1.30 bits per heavy atom. The number of alkyl halides is 3. The fraction of sp³-hybridized carbons (Fsp3) is 0.706. The number of hydrogen-bond donors (Lipinski definition) is 2. The number of nitrogens with zero attached hydrogens (tertiary/aromatic N) is 4. The fourth-order valence-electron chi connectivity index (χ4n) is 2.75. The van der Waals surface area contributed by atoms with Gasteiger partial charge in [0.15, 0.2) is 11.7 Å². The number of guanidine groups is 1. The van der Waals surface area contributed by atoms with Crippen molar-refractivity contribution in [2.24, 2.45) is 4.99 Å². The summed E-state index contributed by atoms with van der Waals surface area (Å²) in [6, 6.07) is 0. The monoisotopic (exact) mass is 564 g/mol. The maximum atomic E-state index is 12.7. The Hall–Kier alpha value is -1.19. The molecule has 172 valence electrons. The van der Waals surface area contributed by atoms with Crippen molar-refractivity contribution in [1.29, 1.82) is 0 Å². The van der Waals surface area contributed by atoms with Crippen LogP contribution in [0.1, 0.15) is 17.6 Å². The van der Waals surface area contributed by atoms with Crippen LogP contribution in [0, 0.1) is 0 Å². The third-order valence-corrected chi connectivity index (χ3v) is 5.04. The Balaban J connectivity index is 0.00000450. The smallest absolute Gasteiger partial charge is 0.383 e. The summed E-state index contributed by atoms with van der Waals surface area (Å²) in [7, 11) is 1.58. The third kappa shape index (κ3) is 8.89. The number of piperazine rings is 1. The predicted molar refractivity (Wildman–Crippen MR) is 120 cm³/mol. The SMILES string of the molecule is CCNC(=NCc1nc(C(F)(F)F)cs1)N1CCN(CC(=O)NCCOC)CC1.I. The van der Waals surface area contributed by atoms with Crippen LogP contribution in [0.3, 0.4) is 0 Å². The minimum absolute atomic E-state index is 0. The van der Waals surface area contributed by atoms with Gasteiger partial charge in [-0.25, -0.2) is 9.98 Å². The molecule has 2 heterocycles. The molecule has 1 aromatic rings. The van der Waals surface area contributed by atoms with Gasteiger partial charge in [0.2, 0.25) is 5.91 Å². The van der Waals surface area contributed by atoms with Gasteiger partial charge in [-0.1, -0.05) is 0 Å². The molecule has 1 aliphatic heterocycles. The van der Waals surface area contributed by atoms with Crippen molar-refractivity contribution in [3.63, 3.8) is 0 Å². The Labute approximate surface area is 195 Å². The van der Waals surface area contributed by atoms with Crippen LogP contribution < -0.4 is 10.6 Å². The number of aliphatic imine (C=N–C) groups is 1. The lowest BCUT2D eigenvalue weighted by Gasteiger charge is -2.36. The maximum absolute atomic E-state index is 12.7. The van der Waals surface area contributed by atoms with Gasteiger partial charge < -0.3 is 20.3 Å². The highest BCUT2D eigenvalue weighted by atomic mass is 127. The number of hydrogen-bond acceptors (Lipinski definition) is 6. The van der Waals surface area contributed by atoms with Crippen LogP contribution in [0.2, 0.25) is 0 Å². The van der Waals surface area contributed by atoms with Crippen molar-refractivity contribution >= 4 is 47.2 Å². The first-order valence-corrected chi connectivity index (χ1v) is 10.2. The van der Waals surface area contributed by atoms with Crippen LogP contribution in [-0.4, -0.2) is 86.2 Å². The van der Waals surface area contributed by atoms with E-state index in [1.54, 1.807) is 7.11 Å². The maximum Gasteiger partial charge on any atom is 0.434 e. The van der Waals surface area contributed by atoms with Crippen LogP contribution in [-0.2, 0) is 22.3 Å². The highest BCUT2D eigenvalue weighted by molar-refractivity contribution is 14.0. The number of nitrogens with one attached hydrogen (secondary N) is 2. The summed E-state index contributed by atoms with van der Waals surface area (Å²) in [4.78, 5) is 24.0. The number of ether oxygens (including phenoxy) is 1. The molecule has 0 bridgehead atoms. The summed E-state index contributed by atoms with van der Waals surface area (Å²) in [5.74, 6) is 0.598. The zero-order valence-electron chi connectivity index (χ0n) is 17.0. The van der Waals surface area contributed by atoms with Crippen molar-refractivity contribution in [3.8, 4) is 0 Å². The van der Waals surface area contributed by atoms with E-state index in [0.29, 0.717) is 63.4 Å². The molecule has 0 aliphatic carbocycles. The van der Waals surface area contributed by atoms with E-state index < -0.39 is 11.9 Å². The number of thiazole rings is 1. The molecule has 0 spiro atoms. The van der Waals surface area contributed by atoms with E-state index in [1.807, 2.05) is 11.8 Å². The largest absolute Gasteiger partial charge is 0.434 e. The molecular weight excluding hydrogens is 536 g/mol. The van der Waals surface area contributed by atoms with Gasteiger partial charge in [-0.2, -0.15) is 13.2 Å². The zero-order chi connectivity index (χ0) is 21.3. The third-order valence-electron chi connectivity index (χ3n) is 4.21. The molecule has 0 atom stereocenters. The molecule has 0 radical (unpaired) electrons. The second kappa shape index (κ2) is 13.3. The number of carbonyl (C=O) groups excluding carboxylic acids is 1. The molecule has 30 heavy (non-hydrogen) atoms. The lowest BCUT2D eigenvalue weighted by Crippen LogP contribution is -2.54. The van der Waals surface area contributed by atoms with E-state index in [2.05, 4.69) is 25.5 Å². The summed E-state index contributed by atoms with van der Waals surface area (Å²) < 4.78 is 42.9. The molecule has 1 fully saturated rings. The Morgan fingerprint density at radius 2 is 2.00 bits per heavy atom. The molecule has 1 aromatic heterocycles. The molecule has 0 aromatic carbocycles. The van der Waals surface area contributed by atoms with Gasteiger partial charge in [-0.15, -0.1) is 35.3 Å². The number of aromatic nitrogens is 1. The van der Waals surface area contributed by atoms with E-state index in [0.717, 1.165) is 16.7 Å². The van der Waals surface area contributed by atoms with Crippen LogP contribution in [0.25, 0.3) is 0 Å². The van der Waals surface area contributed by atoms with Crippen molar-refractivity contribution in [3.05, 3.63) is 16.1 Å². The highest BCUT2D eigenvalue weighted by Gasteiger charge is 2.33. The normalized spacial score (nSPS) is 15.6. The highest BCUT2D eigenvalue weighted by Crippen LogP contribution is 2.30. The minimum Gasteiger partial charge on any atom is -0.383 e. The first kappa shape index (κ1) is 26.8. The van der Waals surface area contributed by atoms with Crippen LogP contribution in [0.15, 0.2) is 10.4 Å². The topological polar surface area (TPSA) is 82.1 Å². The summed E-state index contributed by atoms with van der Waals surface area (Å²) in [6.45, 7) is 6.68. The lowest BCUT2D eigenvalue weighted by molar-refractivity contribution is -0.140. The standard InChI is InChI=1S/C17H27F3N6O2S.HI/c1-3-21-16(23-10-15-24-13(12-29-15)17(18,19)20)26-7-5-25(6-8-26)11-14(27)22-4-9-28-2;/h12H,3-11H2,1-2H3,(H,21,23)(H,22,27);1H. The van der Waals surface area contributed by atoms with E-state index in [-0.39, 0.29) is 36.4 Å². The molecule has 13 heteroatoms. The summed E-state index contributed by atoms with van der Waals surface area (Å²) in [5, 5.41) is 7.29. The lowest BCUT2D eigenvalue weighted by atomic mass is 10.3. The first-order chi connectivity index (χ1) is 13.8. The van der Waals surface area contributed by atoms with Gasteiger partial charge in [0, 0.05) is 51.8 Å². The number of amides is 1. The molecule has 1 aliphatic rings. The van der Waals surface area contributed by atoms with Crippen molar-refractivity contribution in [2.45, 2.75) is 19.6 Å². The average Bonchev–Trinajstić information content (AvgIpc) is 3.16. The summed E-state index contributed by atoms with van der Waals surface area (Å²) >= 11 is 0.952. The molecule has 0 unspecified atom stereocenters. The second-order valence-electron chi connectivity index (χ2n) is 6.40. The summed E-state index contributed by atoms with van der Waals surface area (Å²) in [5.41, 5.74) is -0.880. The number of methoxy groups -OCH3 is 1. The number of carbonyl (C=O) groups is 1. The number of halogens is 4. The minimum atomic E-state index is -4.44. The van der Waals surface area contributed by atoms with Crippen molar-refractivity contribution in [2.75, 3.05) is 59.5 Å². The molecule has 1 saturated heterocycles. The molecule has 1 amide bonds. The number of rotatable bonds is 8. The first-order valence-electron chi connectivity index (χ1n) is 9.36. The van der Waals surface area contributed by atoms with E-state index in [1.165, 1.54) is 0 Å².